The van der Waals surface area contributed by atoms with Crippen molar-refractivity contribution >= 4 is 27.0 Å². The van der Waals surface area contributed by atoms with Gasteiger partial charge in [-0.15, -0.1) is 0 Å². The van der Waals surface area contributed by atoms with Gasteiger partial charge < -0.3 is 5.11 Å². The standard InChI is InChI=1S/C20H20N2O3S/c1-2-5-15-8-11-17(12-9-15)26(24,25)22-21-14-19-18-7-4-3-6-16(18)10-13-20(19)23/h3-4,6-14,22-23H,2,5H2,1H3/b21-14+. The van der Waals surface area contributed by atoms with E-state index >= 15 is 0 Å². The molecular formula is C20H20N2O3S. The van der Waals surface area contributed by atoms with Gasteiger partial charge in [-0.1, -0.05) is 55.8 Å². The second-order valence-electron chi connectivity index (χ2n) is 5.97. The van der Waals surface area contributed by atoms with Crippen molar-refractivity contribution in [2.24, 2.45) is 5.10 Å². The Kier molecular flexibility index (Phi) is 5.23. The minimum Gasteiger partial charge on any atom is -0.507 e. The Hall–Kier alpha value is -2.86. The number of phenolic OH excluding ortho intramolecular Hbond substituents is 1. The molecule has 0 aliphatic heterocycles. The normalized spacial score (nSPS) is 11.9. The number of nitrogens with one attached hydrogen (secondary N) is 1. The van der Waals surface area contributed by atoms with E-state index < -0.39 is 10.0 Å². The van der Waals surface area contributed by atoms with Gasteiger partial charge in [0.1, 0.15) is 5.75 Å². The lowest BCUT2D eigenvalue weighted by atomic mass is 10.0. The maximum atomic E-state index is 12.4. The van der Waals surface area contributed by atoms with Crippen LogP contribution < -0.4 is 4.83 Å². The number of sulfonamides is 1. The van der Waals surface area contributed by atoms with E-state index in [1.165, 1.54) is 6.21 Å². The van der Waals surface area contributed by atoms with Gasteiger partial charge in [-0.25, -0.2) is 4.83 Å². The highest BCUT2D eigenvalue weighted by atomic mass is 32.2. The predicted molar refractivity (Wildman–Crippen MR) is 104 cm³/mol. The number of rotatable bonds is 6. The molecule has 3 aromatic carbocycles. The van der Waals surface area contributed by atoms with E-state index in [0.717, 1.165) is 29.2 Å². The quantitative estimate of drug-likeness (QED) is 0.513. The maximum absolute atomic E-state index is 12.4. The zero-order valence-corrected chi connectivity index (χ0v) is 15.2. The van der Waals surface area contributed by atoms with Crippen LogP contribution in [0.25, 0.3) is 10.8 Å². The topological polar surface area (TPSA) is 78.8 Å². The number of phenols is 1. The third kappa shape index (κ3) is 3.86. The molecule has 0 aliphatic rings. The summed E-state index contributed by atoms with van der Waals surface area (Å²) in [4.78, 5) is 2.35. The van der Waals surface area contributed by atoms with E-state index in [-0.39, 0.29) is 10.6 Å². The second-order valence-corrected chi connectivity index (χ2v) is 7.63. The number of fused-ring (bicyclic) bond motifs is 1. The van der Waals surface area contributed by atoms with Gasteiger partial charge in [-0.2, -0.15) is 13.5 Å². The summed E-state index contributed by atoms with van der Waals surface area (Å²) < 4.78 is 24.7. The molecular weight excluding hydrogens is 348 g/mol. The molecule has 0 aromatic heterocycles. The molecule has 3 rings (SSSR count). The van der Waals surface area contributed by atoms with Crippen molar-refractivity contribution in [2.75, 3.05) is 0 Å². The van der Waals surface area contributed by atoms with E-state index in [1.54, 1.807) is 36.4 Å². The molecule has 134 valence electrons. The Morgan fingerprint density at radius 1 is 1.04 bits per heavy atom. The second kappa shape index (κ2) is 7.58. The molecule has 0 saturated heterocycles. The maximum Gasteiger partial charge on any atom is 0.276 e. The van der Waals surface area contributed by atoms with Crippen LogP contribution in [-0.2, 0) is 16.4 Å². The number of nitrogens with zero attached hydrogens (tertiary/aromatic N) is 1. The molecule has 0 spiro atoms. The first-order valence-corrected chi connectivity index (χ1v) is 9.84. The lowest BCUT2D eigenvalue weighted by Crippen LogP contribution is -2.18. The smallest absolute Gasteiger partial charge is 0.276 e. The highest BCUT2D eigenvalue weighted by Gasteiger charge is 2.12. The first-order chi connectivity index (χ1) is 12.5. The van der Waals surface area contributed by atoms with E-state index in [1.807, 2.05) is 24.3 Å². The first kappa shape index (κ1) is 17.9. The Morgan fingerprint density at radius 3 is 2.50 bits per heavy atom. The molecule has 5 nitrogen and oxygen atoms in total. The van der Waals surface area contributed by atoms with Crippen LogP contribution in [-0.4, -0.2) is 19.7 Å². The summed E-state index contributed by atoms with van der Waals surface area (Å²) in [5.74, 6) is 0.0376. The highest BCUT2D eigenvalue weighted by molar-refractivity contribution is 7.89. The van der Waals surface area contributed by atoms with Crippen LogP contribution in [0.2, 0.25) is 0 Å². The van der Waals surface area contributed by atoms with Gasteiger partial charge in [0.25, 0.3) is 10.0 Å². The fraction of sp³-hybridized carbons (Fsp3) is 0.150. The SMILES string of the molecule is CCCc1ccc(S(=O)(=O)N/N=C/c2c(O)ccc3ccccc23)cc1. The predicted octanol–water partition coefficient (Wildman–Crippen LogP) is 3.81. The lowest BCUT2D eigenvalue weighted by molar-refractivity contribution is 0.475. The average molecular weight is 368 g/mol. The zero-order valence-electron chi connectivity index (χ0n) is 14.4. The van der Waals surface area contributed by atoms with E-state index in [0.29, 0.717) is 5.56 Å². The van der Waals surface area contributed by atoms with Crippen LogP contribution in [0.3, 0.4) is 0 Å². The van der Waals surface area contributed by atoms with E-state index in [9.17, 15) is 13.5 Å². The van der Waals surface area contributed by atoms with Crippen LogP contribution in [0.4, 0.5) is 0 Å². The van der Waals surface area contributed by atoms with Gasteiger partial charge in [0.15, 0.2) is 0 Å². The Bertz CT molecular complexity index is 1040. The van der Waals surface area contributed by atoms with Gasteiger partial charge in [0, 0.05) is 5.56 Å². The van der Waals surface area contributed by atoms with Gasteiger partial charge in [0.05, 0.1) is 11.1 Å². The fourth-order valence-corrected chi connectivity index (χ4v) is 3.55. The van der Waals surface area contributed by atoms with Crippen molar-refractivity contribution < 1.29 is 13.5 Å². The largest absolute Gasteiger partial charge is 0.507 e. The van der Waals surface area contributed by atoms with E-state index in [2.05, 4.69) is 16.9 Å². The third-order valence-corrected chi connectivity index (χ3v) is 5.33. The molecule has 26 heavy (non-hydrogen) atoms. The molecule has 2 N–H and O–H groups in total. The number of benzene rings is 3. The number of hydrogen-bond acceptors (Lipinski definition) is 4. The molecule has 6 heteroatoms. The minimum atomic E-state index is -3.76. The van der Waals surface area contributed by atoms with Crippen molar-refractivity contribution in [3.05, 3.63) is 71.8 Å². The van der Waals surface area contributed by atoms with Crippen molar-refractivity contribution in [1.82, 2.24) is 4.83 Å². The summed E-state index contributed by atoms with van der Waals surface area (Å²) in [7, 11) is -3.76. The van der Waals surface area contributed by atoms with Gasteiger partial charge in [0.2, 0.25) is 0 Å². The van der Waals surface area contributed by atoms with Crippen molar-refractivity contribution in [3.8, 4) is 5.75 Å². The Morgan fingerprint density at radius 2 is 1.77 bits per heavy atom. The van der Waals surface area contributed by atoms with Crippen LogP contribution in [0, 0.1) is 0 Å². The van der Waals surface area contributed by atoms with Crippen LogP contribution in [0.5, 0.6) is 5.75 Å². The van der Waals surface area contributed by atoms with Gasteiger partial charge in [-0.3, -0.25) is 0 Å². The highest BCUT2D eigenvalue weighted by Crippen LogP contribution is 2.25. The van der Waals surface area contributed by atoms with Gasteiger partial charge >= 0.3 is 0 Å². The summed E-state index contributed by atoms with van der Waals surface area (Å²) >= 11 is 0. The molecule has 3 aromatic rings. The van der Waals surface area contributed by atoms with E-state index in [4.69, 9.17) is 0 Å². The van der Waals surface area contributed by atoms with Crippen LogP contribution >= 0.6 is 0 Å². The summed E-state index contributed by atoms with van der Waals surface area (Å²) in [6.45, 7) is 2.07. The van der Waals surface area contributed by atoms with Crippen molar-refractivity contribution in [1.29, 1.82) is 0 Å². The number of aryl methyl sites for hydroxylation is 1. The molecule has 0 unspecified atom stereocenters. The fourth-order valence-electron chi connectivity index (χ4n) is 2.76. The summed E-state index contributed by atoms with van der Waals surface area (Å²) in [5, 5.41) is 15.6. The van der Waals surface area contributed by atoms with Crippen molar-refractivity contribution in [3.63, 3.8) is 0 Å². The minimum absolute atomic E-state index is 0.0376. The number of aromatic hydroxyl groups is 1. The molecule has 0 heterocycles. The molecule has 0 amide bonds. The average Bonchev–Trinajstić information content (AvgIpc) is 2.64. The Labute approximate surface area is 153 Å². The monoisotopic (exact) mass is 368 g/mol. The molecule has 0 atom stereocenters. The number of hydrogen-bond donors (Lipinski definition) is 2. The molecule has 0 saturated carbocycles. The lowest BCUT2D eigenvalue weighted by Gasteiger charge is -2.06. The Balaban J connectivity index is 1.83. The number of hydrazone groups is 1. The van der Waals surface area contributed by atoms with Crippen LogP contribution in [0.1, 0.15) is 24.5 Å². The first-order valence-electron chi connectivity index (χ1n) is 8.36. The summed E-state index contributed by atoms with van der Waals surface area (Å²) in [5.41, 5.74) is 1.56. The molecule has 0 radical (unpaired) electrons. The summed E-state index contributed by atoms with van der Waals surface area (Å²) in [6.07, 6.45) is 3.23. The molecule has 0 bridgehead atoms. The van der Waals surface area contributed by atoms with Crippen LogP contribution in [0.15, 0.2) is 70.7 Å². The summed E-state index contributed by atoms with van der Waals surface area (Å²) in [6, 6.07) is 17.6. The van der Waals surface area contributed by atoms with Gasteiger partial charge in [-0.05, 0) is 41.0 Å². The van der Waals surface area contributed by atoms with Crippen molar-refractivity contribution in [2.45, 2.75) is 24.7 Å². The molecule has 0 aliphatic carbocycles. The zero-order chi connectivity index (χ0) is 18.6. The third-order valence-electron chi connectivity index (χ3n) is 4.09. The molecule has 0 fully saturated rings.